The molecular weight excluding hydrogens is 216 g/mol. The number of alkyl halides is 3. The normalized spacial score (nSPS) is 12.3. The van der Waals surface area contributed by atoms with Gasteiger partial charge in [0.15, 0.2) is 5.82 Å². The summed E-state index contributed by atoms with van der Waals surface area (Å²) in [6, 6.07) is 2.92. The maximum atomic E-state index is 12.8. The lowest BCUT2D eigenvalue weighted by molar-refractivity contribution is -0.137. The predicted molar refractivity (Wildman–Crippen MR) is 45.6 cm³/mol. The van der Waals surface area contributed by atoms with Crippen molar-refractivity contribution in [2.75, 3.05) is 0 Å². The summed E-state index contributed by atoms with van der Waals surface area (Å²) < 4.78 is 49.8. The second kappa shape index (κ2) is 2.95. The highest BCUT2D eigenvalue weighted by Gasteiger charge is 2.30. The fourth-order valence-electron chi connectivity index (χ4n) is 1.12. The van der Waals surface area contributed by atoms with Crippen molar-refractivity contribution in [1.29, 1.82) is 0 Å². The minimum absolute atomic E-state index is 0.183. The molecule has 0 fully saturated rings. The summed E-state index contributed by atoms with van der Waals surface area (Å²) in [7, 11) is 0. The Bertz CT molecular complexity index is 469. The molecule has 1 heterocycles. The largest absolute Gasteiger partial charge is 0.416 e. The topological polar surface area (TPSA) is 0 Å². The number of thiophene rings is 1. The average Bonchev–Trinajstić information content (AvgIpc) is 2.46. The number of halogens is 4. The Labute approximate surface area is 80.8 Å². The molecule has 0 spiro atoms. The summed E-state index contributed by atoms with van der Waals surface area (Å²) in [5, 5.41) is 2.45. The van der Waals surface area contributed by atoms with Gasteiger partial charge in [-0.3, -0.25) is 0 Å². The number of hydrogen-bond donors (Lipinski definition) is 0. The lowest BCUT2D eigenvalue weighted by atomic mass is 10.2. The standard InChI is InChI=1S/C9H3F4S/c10-7-4-14-8-3-5(9(11,12)13)1-2-6(7)8/h1-3H. The van der Waals surface area contributed by atoms with Crippen LogP contribution in [0.15, 0.2) is 18.2 Å². The van der Waals surface area contributed by atoms with E-state index in [1.807, 2.05) is 0 Å². The number of benzene rings is 1. The zero-order valence-corrected chi connectivity index (χ0v) is 7.47. The lowest BCUT2D eigenvalue weighted by Gasteiger charge is -2.05. The first-order valence-electron chi connectivity index (χ1n) is 3.65. The van der Waals surface area contributed by atoms with Crippen molar-refractivity contribution in [1.82, 2.24) is 0 Å². The van der Waals surface area contributed by atoms with Crippen molar-refractivity contribution in [2.45, 2.75) is 6.18 Å². The van der Waals surface area contributed by atoms with Crippen LogP contribution in [0.25, 0.3) is 10.1 Å². The van der Waals surface area contributed by atoms with Gasteiger partial charge in [0.2, 0.25) is 0 Å². The second-order valence-corrected chi connectivity index (χ2v) is 3.57. The van der Waals surface area contributed by atoms with Gasteiger partial charge in [0.05, 0.1) is 10.9 Å². The Morgan fingerprint density at radius 2 is 1.93 bits per heavy atom. The second-order valence-electron chi connectivity index (χ2n) is 2.73. The molecule has 0 atom stereocenters. The highest BCUT2D eigenvalue weighted by atomic mass is 32.1. The third-order valence-electron chi connectivity index (χ3n) is 1.80. The van der Waals surface area contributed by atoms with Crippen molar-refractivity contribution >= 4 is 21.4 Å². The molecule has 0 saturated heterocycles. The van der Waals surface area contributed by atoms with Crippen LogP contribution in [-0.4, -0.2) is 0 Å². The minimum atomic E-state index is -4.38. The third kappa shape index (κ3) is 1.48. The summed E-state index contributed by atoms with van der Waals surface area (Å²) in [4.78, 5) is 0. The monoisotopic (exact) mass is 219 g/mol. The quantitative estimate of drug-likeness (QED) is 0.590. The van der Waals surface area contributed by atoms with E-state index in [4.69, 9.17) is 0 Å². The first-order chi connectivity index (χ1) is 6.48. The Hall–Kier alpha value is -1.10. The van der Waals surface area contributed by atoms with Gasteiger partial charge in [-0.05, 0) is 18.2 Å². The van der Waals surface area contributed by atoms with Crippen LogP contribution >= 0.6 is 11.3 Å². The molecule has 2 aromatic rings. The summed E-state index contributed by atoms with van der Waals surface area (Å²) in [5.74, 6) is -0.598. The van der Waals surface area contributed by atoms with Crippen LogP contribution in [0.5, 0.6) is 0 Å². The van der Waals surface area contributed by atoms with E-state index in [9.17, 15) is 17.6 Å². The first-order valence-corrected chi connectivity index (χ1v) is 4.47. The molecule has 5 heteroatoms. The lowest BCUT2D eigenvalue weighted by Crippen LogP contribution is -2.03. The molecule has 73 valence electrons. The predicted octanol–water partition coefficient (Wildman–Crippen LogP) is 3.86. The molecule has 0 aliphatic carbocycles. The Morgan fingerprint density at radius 3 is 2.57 bits per heavy atom. The number of rotatable bonds is 0. The average molecular weight is 219 g/mol. The van der Waals surface area contributed by atoms with E-state index in [1.165, 1.54) is 0 Å². The maximum Gasteiger partial charge on any atom is 0.416 e. The van der Waals surface area contributed by atoms with Gasteiger partial charge in [0, 0.05) is 10.1 Å². The van der Waals surface area contributed by atoms with Gasteiger partial charge in [-0.2, -0.15) is 13.2 Å². The molecule has 0 saturated carbocycles. The van der Waals surface area contributed by atoms with Crippen LogP contribution in [0.3, 0.4) is 0 Å². The number of fused-ring (bicyclic) bond motifs is 1. The van der Waals surface area contributed by atoms with Crippen LogP contribution in [0.2, 0.25) is 0 Å². The van der Waals surface area contributed by atoms with Crippen molar-refractivity contribution in [3.05, 3.63) is 35.0 Å². The maximum absolute atomic E-state index is 12.8. The van der Waals surface area contributed by atoms with Crippen molar-refractivity contribution in [2.24, 2.45) is 0 Å². The van der Waals surface area contributed by atoms with E-state index in [0.717, 1.165) is 29.5 Å². The van der Waals surface area contributed by atoms with Crippen molar-refractivity contribution in [3.63, 3.8) is 0 Å². The molecule has 0 bridgehead atoms. The van der Waals surface area contributed by atoms with Crippen LogP contribution in [0.4, 0.5) is 17.6 Å². The van der Waals surface area contributed by atoms with E-state index >= 15 is 0 Å². The zero-order chi connectivity index (χ0) is 10.3. The molecule has 1 aromatic heterocycles. The molecule has 0 N–H and O–H groups in total. The van der Waals surface area contributed by atoms with Gasteiger partial charge in [0.1, 0.15) is 0 Å². The Kier molecular flexibility index (Phi) is 1.99. The molecule has 0 unspecified atom stereocenters. The molecular formula is C9H3F4S. The molecule has 1 aromatic carbocycles. The SMILES string of the molecule is Fc1[c]sc2cc(C(F)(F)F)ccc12. The Balaban J connectivity index is 2.63. The van der Waals surface area contributed by atoms with E-state index in [2.05, 4.69) is 5.38 Å². The fourth-order valence-corrected chi connectivity index (χ4v) is 1.88. The first kappa shape index (κ1) is 9.45. The van der Waals surface area contributed by atoms with Crippen LogP contribution in [0, 0.1) is 11.2 Å². The smallest absolute Gasteiger partial charge is 0.205 e. The van der Waals surface area contributed by atoms with E-state index in [1.54, 1.807) is 0 Å². The van der Waals surface area contributed by atoms with Gasteiger partial charge in [0.25, 0.3) is 0 Å². The zero-order valence-electron chi connectivity index (χ0n) is 6.65. The van der Waals surface area contributed by atoms with Gasteiger partial charge in [-0.1, -0.05) is 0 Å². The van der Waals surface area contributed by atoms with Gasteiger partial charge in [-0.25, -0.2) is 4.39 Å². The van der Waals surface area contributed by atoms with E-state index < -0.39 is 17.6 Å². The molecule has 0 aliphatic heterocycles. The third-order valence-corrected chi connectivity index (χ3v) is 2.63. The number of hydrogen-bond acceptors (Lipinski definition) is 1. The summed E-state index contributed by atoms with van der Waals surface area (Å²) in [6.07, 6.45) is -4.38. The highest BCUT2D eigenvalue weighted by Crippen LogP contribution is 2.33. The van der Waals surface area contributed by atoms with E-state index in [-0.39, 0.29) is 10.1 Å². The van der Waals surface area contributed by atoms with Crippen LogP contribution < -0.4 is 0 Å². The minimum Gasteiger partial charge on any atom is -0.205 e. The molecule has 0 aliphatic rings. The summed E-state index contributed by atoms with van der Waals surface area (Å²) in [6.45, 7) is 0. The van der Waals surface area contributed by atoms with Gasteiger partial charge >= 0.3 is 6.18 Å². The van der Waals surface area contributed by atoms with Gasteiger partial charge in [-0.15, -0.1) is 11.3 Å². The summed E-state index contributed by atoms with van der Waals surface area (Å²) >= 11 is 0.844. The van der Waals surface area contributed by atoms with Crippen molar-refractivity contribution in [3.8, 4) is 0 Å². The molecule has 14 heavy (non-hydrogen) atoms. The highest BCUT2D eigenvalue weighted by molar-refractivity contribution is 7.16. The van der Waals surface area contributed by atoms with Crippen LogP contribution in [-0.2, 0) is 6.18 Å². The van der Waals surface area contributed by atoms with Crippen LogP contribution in [0.1, 0.15) is 5.56 Å². The van der Waals surface area contributed by atoms with Crippen molar-refractivity contribution < 1.29 is 17.6 Å². The molecule has 2 rings (SSSR count). The van der Waals surface area contributed by atoms with E-state index in [0.29, 0.717) is 0 Å². The Morgan fingerprint density at radius 1 is 1.21 bits per heavy atom. The fraction of sp³-hybridized carbons (Fsp3) is 0.111. The summed E-state index contributed by atoms with van der Waals surface area (Å²) in [5.41, 5.74) is -0.764. The van der Waals surface area contributed by atoms with Gasteiger partial charge < -0.3 is 0 Å². The molecule has 0 nitrogen and oxygen atoms in total. The molecule has 0 amide bonds. The molecule has 1 radical (unpaired) electrons.